The van der Waals surface area contributed by atoms with Gasteiger partial charge in [0.25, 0.3) is 0 Å². The summed E-state index contributed by atoms with van der Waals surface area (Å²) < 4.78 is 5.55. The summed E-state index contributed by atoms with van der Waals surface area (Å²) in [5.41, 5.74) is 2.54. The maximum absolute atomic E-state index is 5.55. The van der Waals surface area contributed by atoms with Crippen molar-refractivity contribution < 1.29 is 4.74 Å². The Hall–Kier alpha value is -0.820. The standard InChI is InChI=1S/C17H29N3O.HI/c1-14(2)13-21-10-6-9-19-17(18-4)20-12-16-8-5-7-15(3)11-16;/h5,7-8,11,14H,6,9-10,12-13H2,1-4H3,(H2,18,19,20);1H. The molecule has 5 heteroatoms. The van der Waals surface area contributed by atoms with Crippen LogP contribution in [0, 0.1) is 12.8 Å². The van der Waals surface area contributed by atoms with Crippen molar-refractivity contribution in [1.29, 1.82) is 0 Å². The Kier molecular flexibility index (Phi) is 12.2. The number of rotatable bonds is 8. The lowest BCUT2D eigenvalue weighted by Crippen LogP contribution is -2.37. The molecule has 0 amide bonds. The van der Waals surface area contributed by atoms with Crippen molar-refractivity contribution >= 4 is 29.9 Å². The van der Waals surface area contributed by atoms with Crippen molar-refractivity contribution in [2.24, 2.45) is 10.9 Å². The van der Waals surface area contributed by atoms with Gasteiger partial charge in [-0.15, -0.1) is 24.0 Å². The van der Waals surface area contributed by atoms with Gasteiger partial charge < -0.3 is 15.4 Å². The molecule has 0 unspecified atom stereocenters. The van der Waals surface area contributed by atoms with E-state index in [0.29, 0.717) is 5.92 Å². The van der Waals surface area contributed by atoms with Gasteiger partial charge in [-0.25, -0.2) is 0 Å². The summed E-state index contributed by atoms with van der Waals surface area (Å²) in [5, 5.41) is 6.62. The second-order valence-corrected chi connectivity index (χ2v) is 5.66. The quantitative estimate of drug-likeness (QED) is 0.294. The third-order valence-electron chi connectivity index (χ3n) is 2.98. The van der Waals surface area contributed by atoms with E-state index in [-0.39, 0.29) is 24.0 Å². The van der Waals surface area contributed by atoms with Crippen LogP contribution in [0.15, 0.2) is 29.3 Å². The zero-order chi connectivity index (χ0) is 15.5. The number of nitrogens with zero attached hydrogens (tertiary/aromatic N) is 1. The average molecular weight is 419 g/mol. The monoisotopic (exact) mass is 419 g/mol. The molecule has 0 spiro atoms. The molecule has 1 aromatic rings. The lowest BCUT2D eigenvalue weighted by Gasteiger charge is -2.12. The maximum Gasteiger partial charge on any atom is 0.191 e. The van der Waals surface area contributed by atoms with Gasteiger partial charge in [0.2, 0.25) is 0 Å². The number of nitrogens with one attached hydrogen (secondary N) is 2. The molecule has 4 nitrogen and oxygen atoms in total. The van der Waals surface area contributed by atoms with Crippen LogP contribution in [0.4, 0.5) is 0 Å². The Morgan fingerprint density at radius 1 is 1.27 bits per heavy atom. The van der Waals surface area contributed by atoms with Crippen LogP contribution in [0.25, 0.3) is 0 Å². The fourth-order valence-corrected chi connectivity index (χ4v) is 1.93. The van der Waals surface area contributed by atoms with E-state index in [1.807, 2.05) is 0 Å². The number of benzene rings is 1. The van der Waals surface area contributed by atoms with Crippen molar-refractivity contribution in [2.45, 2.75) is 33.7 Å². The van der Waals surface area contributed by atoms with Crippen LogP contribution in [0.2, 0.25) is 0 Å². The molecule has 0 fully saturated rings. The first kappa shape index (κ1) is 21.2. The predicted molar refractivity (Wildman–Crippen MR) is 105 cm³/mol. The van der Waals surface area contributed by atoms with Crippen LogP contribution in [-0.2, 0) is 11.3 Å². The molecule has 1 rings (SSSR count). The van der Waals surface area contributed by atoms with E-state index in [1.165, 1.54) is 11.1 Å². The molecule has 0 aromatic heterocycles. The minimum Gasteiger partial charge on any atom is -0.381 e. The third kappa shape index (κ3) is 10.00. The van der Waals surface area contributed by atoms with Gasteiger partial charge in [-0.2, -0.15) is 0 Å². The first-order chi connectivity index (χ1) is 10.1. The zero-order valence-electron chi connectivity index (χ0n) is 14.2. The molecule has 22 heavy (non-hydrogen) atoms. The van der Waals surface area contributed by atoms with Crippen LogP contribution in [0.5, 0.6) is 0 Å². The molecule has 0 aliphatic rings. The largest absolute Gasteiger partial charge is 0.381 e. The average Bonchev–Trinajstić information content (AvgIpc) is 2.45. The van der Waals surface area contributed by atoms with Crippen molar-refractivity contribution in [1.82, 2.24) is 10.6 Å². The Labute approximate surface area is 152 Å². The smallest absolute Gasteiger partial charge is 0.191 e. The number of guanidine groups is 1. The van der Waals surface area contributed by atoms with Gasteiger partial charge >= 0.3 is 0 Å². The lowest BCUT2D eigenvalue weighted by atomic mass is 10.1. The summed E-state index contributed by atoms with van der Waals surface area (Å²) in [4.78, 5) is 4.23. The van der Waals surface area contributed by atoms with E-state index in [1.54, 1.807) is 7.05 Å². The fraction of sp³-hybridized carbons (Fsp3) is 0.588. The Morgan fingerprint density at radius 3 is 2.68 bits per heavy atom. The summed E-state index contributed by atoms with van der Waals surface area (Å²) >= 11 is 0. The van der Waals surface area contributed by atoms with E-state index >= 15 is 0 Å². The SMILES string of the molecule is CN=C(NCCCOCC(C)C)NCc1cccc(C)c1.I. The van der Waals surface area contributed by atoms with E-state index in [4.69, 9.17) is 4.74 Å². The summed E-state index contributed by atoms with van der Waals surface area (Å²) in [6.45, 7) is 9.70. The van der Waals surface area contributed by atoms with E-state index < -0.39 is 0 Å². The number of ether oxygens (including phenoxy) is 1. The summed E-state index contributed by atoms with van der Waals surface area (Å²) in [6.07, 6.45) is 0.984. The number of hydrogen-bond acceptors (Lipinski definition) is 2. The molecular weight excluding hydrogens is 389 g/mol. The van der Waals surface area contributed by atoms with Gasteiger partial charge in [0.15, 0.2) is 5.96 Å². The second kappa shape index (κ2) is 12.7. The van der Waals surface area contributed by atoms with Gasteiger partial charge in [0.05, 0.1) is 0 Å². The molecule has 0 bridgehead atoms. The highest BCUT2D eigenvalue weighted by Crippen LogP contribution is 2.03. The molecule has 0 aliphatic heterocycles. The van der Waals surface area contributed by atoms with Crippen LogP contribution >= 0.6 is 24.0 Å². The Morgan fingerprint density at radius 2 is 2.05 bits per heavy atom. The molecule has 2 N–H and O–H groups in total. The Bertz CT molecular complexity index is 436. The highest BCUT2D eigenvalue weighted by Gasteiger charge is 1.99. The maximum atomic E-state index is 5.55. The van der Waals surface area contributed by atoms with E-state index in [9.17, 15) is 0 Å². The molecule has 0 heterocycles. The molecule has 0 radical (unpaired) electrons. The first-order valence-electron chi connectivity index (χ1n) is 7.69. The number of aryl methyl sites for hydroxylation is 1. The number of hydrogen-bond donors (Lipinski definition) is 2. The summed E-state index contributed by atoms with van der Waals surface area (Å²) in [5.74, 6) is 1.43. The molecule has 1 aromatic carbocycles. The summed E-state index contributed by atoms with van der Waals surface area (Å²) in [7, 11) is 1.79. The van der Waals surface area contributed by atoms with Gasteiger partial charge in [0.1, 0.15) is 0 Å². The lowest BCUT2D eigenvalue weighted by molar-refractivity contribution is 0.108. The van der Waals surface area contributed by atoms with Gasteiger partial charge in [0, 0.05) is 33.4 Å². The van der Waals surface area contributed by atoms with Crippen LogP contribution in [0.3, 0.4) is 0 Å². The molecule has 126 valence electrons. The predicted octanol–water partition coefficient (Wildman–Crippen LogP) is 3.34. The minimum atomic E-state index is 0. The van der Waals surface area contributed by atoms with E-state index in [2.05, 4.69) is 60.7 Å². The topological polar surface area (TPSA) is 45.7 Å². The van der Waals surface area contributed by atoms with Crippen molar-refractivity contribution in [3.63, 3.8) is 0 Å². The third-order valence-corrected chi connectivity index (χ3v) is 2.98. The molecular formula is C17H30IN3O. The molecule has 0 saturated heterocycles. The van der Waals surface area contributed by atoms with Crippen molar-refractivity contribution in [3.8, 4) is 0 Å². The Balaban J connectivity index is 0.00000441. The normalized spacial score (nSPS) is 11.2. The first-order valence-corrected chi connectivity index (χ1v) is 7.69. The molecule has 0 saturated carbocycles. The van der Waals surface area contributed by atoms with Crippen LogP contribution in [-0.4, -0.2) is 32.8 Å². The van der Waals surface area contributed by atoms with Crippen LogP contribution < -0.4 is 10.6 Å². The minimum absolute atomic E-state index is 0. The zero-order valence-corrected chi connectivity index (χ0v) is 16.5. The molecule has 0 aliphatic carbocycles. The highest BCUT2D eigenvalue weighted by atomic mass is 127. The highest BCUT2D eigenvalue weighted by molar-refractivity contribution is 14.0. The van der Waals surface area contributed by atoms with E-state index in [0.717, 1.165) is 38.7 Å². The van der Waals surface area contributed by atoms with Crippen molar-refractivity contribution in [3.05, 3.63) is 35.4 Å². The molecule has 0 atom stereocenters. The number of aliphatic imine (C=N–C) groups is 1. The van der Waals surface area contributed by atoms with Crippen molar-refractivity contribution in [2.75, 3.05) is 26.8 Å². The van der Waals surface area contributed by atoms with Gasteiger partial charge in [-0.05, 0) is 24.8 Å². The van der Waals surface area contributed by atoms with Gasteiger partial charge in [-0.1, -0.05) is 43.7 Å². The summed E-state index contributed by atoms with van der Waals surface area (Å²) in [6, 6.07) is 8.48. The fourth-order valence-electron chi connectivity index (χ4n) is 1.93. The second-order valence-electron chi connectivity index (χ2n) is 5.66. The number of halogens is 1. The van der Waals surface area contributed by atoms with Gasteiger partial charge in [-0.3, -0.25) is 4.99 Å². The van der Waals surface area contributed by atoms with Crippen LogP contribution in [0.1, 0.15) is 31.4 Å².